The number of hydrogen-bond donors (Lipinski definition) is 2. The molecule has 0 spiro atoms. The van der Waals surface area contributed by atoms with Crippen molar-refractivity contribution in [3.8, 4) is 0 Å². The Bertz CT molecular complexity index is 398. The summed E-state index contributed by atoms with van der Waals surface area (Å²) in [6.45, 7) is 8.34. The number of aliphatic imine (C=N–C) groups is 1. The molecule has 0 aliphatic heterocycles. The molecule has 19 heavy (non-hydrogen) atoms. The van der Waals surface area contributed by atoms with E-state index in [1.54, 1.807) is 6.26 Å². The van der Waals surface area contributed by atoms with Gasteiger partial charge in [-0.3, -0.25) is 4.99 Å². The minimum Gasteiger partial charge on any atom is -0.469 e. The van der Waals surface area contributed by atoms with Gasteiger partial charge in [-0.1, -0.05) is 20.8 Å². The maximum atomic E-state index is 5.32. The maximum Gasteiger partial charge on any atom is 0.191 e. The third kappa shape index (κ3) is 4.97. The predicted octanol–water partition coefficient (Wildman–Crippen LogP) is 2.42. The predicted molar refractivity (Wildman–Crippen MR) is 78.3 cm³/mol. The molecule has 0 aromatic carbocycles. The maximum absolute atomic E-state index is 5.32. The van der Waals surface area contributed by atoms with Gasteiger partial charge in [0.05, 0.1) is 6.26 Å². The zero-order chi connectivity index (χ0) is 13.7. The van der Waals surface area contributed by atoms with Crippen molar-refractivity contribution in [1.29, 1.82) is 0 Å². The first-order chi connectivity index (χ1) is 9.15. The summed E-state index contributed by atoms with van der Waals surface area (Å²) < 4.78 is 5.32. The highest BCUT2D eigenvalue weighted by atomic mass is 16.3. The second-order valence-electron chi connectivity index (χ2n) is 5.80. The second-order valence-corrected chi connectivity index (χ2v) is 5.80. The van der Waals surface area contributed by atoms with Crippen LogP contribution in [-0.2, 0) is 6.42 Å². The number of nitrogens with zero attached hydrogens (tertiary/aromatic N) is 1. The highest BCUT2D eigenvalue weighted by Gasteiger charge is 2.33. The van der Waals surface area contributed by atoms with Crippen LogP contribution < -0.4 is 10.6 Å². The minimum absolute atomic E-state index is 0.584. The van der Waals surface area contributed by atoms with Gasteiger partial charge in [0.1, 0.15) is 5.76 Å². The molecule has 1 aliphatic rings. The summed E-state index contributed by atoms with van der Waals surface area (Å²) in [5.41, 5.74) is 0. The van der Waals surface area contributed by atoms with E-state index >= 15 is 0 Å². The fraction of sp³-hybridized carbons (Fsp3) is 0.667. The monoisotopic (exact) mass is 263 g/mol. The Balaban J connectivity index is 1.77. The van der Waals surface area contributed by atoms with Crippen LogP contribution in [0.4, 0.5) is 0 Å². The Kier molecular flexibility index (Phi) is 4.88. The molecule has 2 unspecified atom stereocenters. The largest absolute Gasteiger partial charge is 0.469 e. The van der Waals surface area contributed by atoms with Crippen molar-refractivity contribution >= 4 is 5.96 Å². The van der Waals surface area contributed by atoms with E-state index in [4.69, 9.17) is 4.42 Å². The first kappa shape index (κ1) is 14.0. The van der Waals surface area contributed by atoms with E-state index in [9.17, 15) is 0 Å². The molecule has 2 N–H and O–H groups in total. The van der Waals surface area contributed by atoms with E-state index in [0.717, 1.165) is 37.1 Å². The molecule has 2 rings (SSSR count). The normalized spacial score (nSPS) is 22.6. The molecule has 0 saturated heterocycles. The fourth-order valence-corrected chi connectivity index (χ4v) is 1.88. The van der Waals surface area contributed by atoms with E-state index in [1.807, 2.05) is 12.1 Å². The van der Waals surface area contributed by atoms with Gasteiger partial charge in [0, 0.05) is 25.6 Å². The van der Waals surface area contributed by atoms with Gasteiger partial charge in [-0.15, -0.1) is 0 Å². The van der Waals surface area contributed by atoms with E-state index in [0.29, 0.717) is 12.0 Å². The van der Waals surface area contributed by atoms with Gasteiger partial charge in [0.25, 0.3) is 0 Å². The molecule has 1 aromatic rings. The van der Waals surface area contributed by atoms with Crippen molar-refractivity contribution in [3.63, 3.8) is 0 Å². The minimum atomic E-state index is 0.584. The van der Waals surface area contributed by atoms with Gasteiger partial charge < -0.3 is 15.1 Å². The van der Waals surface area contributed by atoms with Crippen LogP contribution in [0.15, 0.2) is 27.8 Å². The Morgan fingerprint density at radius 1 is 1.53 bits per heavy atom. The molecular weight excluding hydrogens is 238 g/mol. The summed E-state index contributed by atoms with van der Waals surface area (Å²) in [6, 6.07) is 4.53. The molecule has 106 valence electrons. The Hall–Kier alpha value is -1.45. The second kappa shape index (κ2) is 6.64. The molecule has 4 heteroatoms. The van der Waals surface area contributed by atoms with Crippen LogP contribution in [0.2, 0.25) is 0 Å². The molecule has 0 radical (unpaired) electrons. The van der Waals surface area contributed by atoms with E-state index in [1.165, 1.54) is 6.42 Å². The summed E-state index contributed by atoms with van der Waals surface area (Å²) in [5, 5.41) is 6.87. The third-order valence-electron chi connectivity index (χ3n) is 3.29. The number of hydrogen-bond acceptors (Lipinski definition) is 2. The molecule has 1 saturated carbocycles. The van der Waals surface area contributed by atoms with Crippen LogP contribution >= 0.6 is 0 Å². The van der Waals surface area contributed by atoms with Crippen molar-refractivity contribution in [2.75, 3.05) is 13.1 Å². The number of guanidine groups is 1. The molecule has 0 bridgehead atoms. The van der Waals surface area contributed by atoms with Gasteiger partial charge in [0.15, 0.2) is 5.96 Å². The summed E-state index contributed by atoms with van der Waals surface area (Å²) in [4.78, 5) is 4.62. The molecule has 1 fully saturated rings. The average Bonchev–Trinajstić information content (AvgIpc) is 2.85. The van der Waals surface area contributed by atoms with Gasteiger partial charge in [0.2, 0.25) is 0 Å². The number of furan rings is 1. The lowest BCUT2D eigenvalue weighted by atomic mass is 10.2. The van der Waals surface area contributed by atoms with E-state index < -0.39 is 0 Å². The van der Waals surface area contributed by atoms with Crippen LogP contribution in [0.1, 0.15) is 33.0 Å². The summed E-state index contributed by atoms with van der Waals surface area (Å²) in [5.74, 6) is 3.31. The van der Waals surface area contributed by atoms with Crippen molar-refractivity contribution in [3.05, 3.63) is 24.2 Å². The van der Waals surface area contributed by atoms with Gasteiger partial charge >= 0.3 is 0 Å². The van der Waals surface area contributed by atoms with Crippen LogP contribution in [0.5, 0.6) is 0 Å². The van der Waals surface area contributed by atoms with Gasteiger partial charge in [-0.05, 0) is 30.4 Å². The van der Waals surface area contributed by atoms with Crippen molar-refractivity contribution in [1.82, 2.24) is 10.6 Å². The quantitative estimate of drug-likeness (QED) is 0.612. The van der Waals surface area contributed by atoms with Crippen molar-refractivity contribution in [2.24, 2.45) is 16.8 Å². The SMILES string of the molecule is CC(C)CN=C(NCCc1ccco1)NC1CC1C. The van der Waals surface area contributed by atoms with Crippen LogP contribution in [0.25, 0.3) is 0 Å². The fourth-order valence-electron chi connectivity index (χ4n) is 1.88. The molecule has 2 atom stereocenters. The Labute approximate surface area is 115 Å². The van der Waals surface area contributed by atoms with Crippen LogP contribution in [0, 0.1) is 11.8 Å². The molecule has 1 aliphatic carbocycles. The molecule has 1 aromatic heterocycles. The van der Waals surface area contributed by atoms with Gasteiger partial charge in [-0.2, -0.15) is 0 Å². The summed E-state index contributed by atoms with van der Waals surface area (Å²) >= 11 is 0. The van der Waals surface area contributed by atoms with Gasteiger partial charge in [-0.25, -0.2) is 0 Å². The Morgan fingerprint density at radius 3 is 2.89 bits per heavy atom. The van der Waals surface area contributed by atoms with Crippen molar-refractivity contribution in [2.45, 2.75) is 39.7 Å². The first-order valence-corrected chi connectivity index (χ1v) is 7.22. The molecule has 4 nitrogen and oxygen atoms in total. The van der Waals surface area contributed by atoms with E-state index in [2.05, 4.69) is 36.4 Å². The lowest BCUT2D eigenvalue weighted by Crippen LogP contribution is -2.40. The van der Waals surface area contributed by atoms with Crippen LogP contribution in [-0.4, -0.2) is 25.1 Å². The third-order valence-corrected chi connectivity index (χ3v) is 3.29. The molecular formula is C15H25N3O. The highest BCUT2D eigenvalue weighted by Crippen LogP contribution is 2.28. The lowest BCUT2D eigenvalue weighted by Gasteiger charge is -2.12. The van der Waals surface area contributed by atoms with Crippen molar-refractivity contribution < 1.29 is 4.42 Å². The molecule has 0 amide bonds. The average molecular weight is 263 g/mol. The summed E-state index contributed by atoms with van der Waals surface area (Å²) in [6.07, 6.45) is 3.85. The lowest BCUT2D eigenvalue weighted by molar-refractivity contribution is 0.506. The van der Waals surface area contributed by atoms with Crippen LogP contribution in [0.3, 0.4) is 0 Å². The first-order valence-electron chi connectivity index (χ1n) is 7.22. The standard InChI is InChI=1S/C15H25N3O/c1-11(2)10-17-15(18-14-9-12(14)3)16-7-6-13-5-4-8-19-13/h4-5,8,11-12,14H,6-7,9-10H2,1-3H3,(H2,16,17,18). The highest BCUT2D eigenvalue weighted by molar-refractivity contribution is 5.80. The number of rotatable bonds is 6. The Morgan fingerprint density at radius 2 is 2.32 bits per heavy atom. The molecule has 1 heterocycles. The van der Waals surface area contributed by atoms with E-state index in [-0.39, 0.29) is 0 Å². The topological polar surface area (TPSA) is 49.6 Å². The zero-order valence-corrected chi connectivity index (χ0v) is 12.1. The number of nitrogens with one attached hydrogen (secondary N) is 2. The zero-order valence-electron chi connectivity index (χ0n) is 12.1. The summed E-state index contributed by atoms with van der Waals surface area (Å²) in [7, 11) is 0. The smallest absolute Gasteiger partial charge is 0.191 e.